The Bertz CT molecular complexity index is 841. The van der Waals surface area contributed by atoms with E-state index in [9.17, 15) is 22.8 Å². The molecule has 0 bridgehead atoms. The van der Waals surface area contributed by atoms with E-state index < -0.39 is 23.4 Å². The van der Waals surface area contributed by atoms with Gasteiger partial charge in [-0.1, -0.05) is 12.5 Å². The SMILES string of the molecule is O=C(CC1CCC1)Nc1cccc(-n2ncc(C(=O)O)c2C(F)(F)F)c1. The maximum Gasteiger partial charge on any atom is 0.434 e. The van der Waals surface area contributed by atoms with Gasteiger partial charge in [-0.05, 0) is 37.0 Å². The fourth-order valence-electron chi connectivity index (χ4n) is 2.86. The van der Waals surface area contributed by atoms with Crippen LogP contribution < -0.4 is 5.32 Å². The number of benzene rings is 1. The number of aromatic carboxylic acids is 1. The molecular formula is C17H16F3N3O3. The molecule has 9 heteroatoms. The molecule has 1 saturated carbocycles. The first-order chi connectivity index (χ1) is 12.3. The topological polar surface area (TPSA) is 84.2 Å². The van der Waals surface area contributed by atoms with Crippen molar-refractivity contribution in [3.8, 4) is 5.69 Å². The van der Waals surface area contributed by atoms with Crippen LogP contribution in [0.1, 0.15) is 41.7 Å². The van der Waals surface area contributed by atoms with Crippen LogP contribution in [-0.2, 0) is 11.0 Å². The quantitative estimate of drug-likeness (QED) is 0.844. The first-order valence-corrected chi connectivity index (χ1v) is 8.04. The van der Waals surface area contributed by atoms with Crippen LogP contribution in [0.15, 0.2) is 30.5 Å². The van der Waals surface area contributed by atoms with Gasteiger partial charge >= 0.3 is 12.1 Å². The number of aromatic nitrogens is 2. The van der Waals surface area contributed by atoms with Crippen LogP contribution in [0.25, 0.3) is 5.69 Å². The molecule has 0 unspecified atom stereocenters. The van der Waals surface area contributed by atoms with Crippen molar-refractivity contribution in [2.45, 2.75) is 31.9 Å². The molecule has 0 atom stereocenters. The molecule has 1 heterocycles. The van der Waals surface area contributed by atoms with Crippen LogP contribution in [0.2, 0.25) is 0 Å². The summed E-state index contributed by atoms with van der Waals surface area (Å²) in [4.78, 5) is 23.0. The average molecular weight is 367 g/mol. The highest BCUT2D eigenvalue weighted by molar-refractivity contribution is 5.91. The molecule has 0 saturated heterocycles. The summed E-state index contributed by atoms with van der Waals surface area (Å²) in [5.74, 6) is -1.55. The molecule has 2 N–H and O–H groups in total. The fraction of sp³-hybridized carbons (Fsp3) is 0.353. The predicted octanol–water partition coefficient (Wildman–Crippen LogP) is 3.72. The monoisotopic (exact) mass is 367 g/mol. The van der Waals surface area contributed by atoms with Gasteiger partial charge in [0.05, 0.1) is 11.9 Å². The zero-order valence-corrected chi connectivity index (χ0v) is 13.6. The smallest absolute Gasteiger partial charge is 0.434 e. The fourth-order valence-corrected chi connectivity index (χ4v) is 2.86. The van der Waals surface area contributed by atoms with Gasteiger partial charge in [0.2, 0.25) is 5.91 Å². The number of amides is 1. The van der Waals surface area contributed by atoms with Crippen molar-refractivity contribution in [1.29, 1.82) is 0 Å². The third-order valence-electron chi connectivity index (χ3n) is 4.34. The summed E-state index contributed by atoms with van der Waals surface area (Å²) in [6.07, 6.45) is -0.732. The summed E-state index contributed by atoms with van der Waals surface area (Å²) in [5.41, 5.74) is -1.97. The van der Waals surface area contributed by atoms with Crippen LogP contribution >= 0.6 is 0 Å². The van der Waals surface area contributed by atoms with Crippen molar-refractivity contribution in [1.82, 2.24) is 9.78 Å². The van der Waals surface area contributed by atoms with Gasteiger partial charge in [0.15, 0.2) is 5.69 Å². The van der Waals surface area contributed by atoms with E-state index >= 15 is 0 Å². The van der Waals surface area contributed by atoms with Crippen molar-refractivity contribution in [3.05, 3.63) is 41.7 Å². The molecule has 1 amide bonds. The highest BCUT2D eigenvalue weighted by Gasteiger charge is 2.40. The minimum atomic E-state index is -4.90. The molecular weight excluding hydrogens is 351 g/mol. The Hall–Kier alpha value is -2.84. The van der Waals surface area contributed by atoms with E-state index in [1.165, 1.54) is 18.2 Å². The van der Waals surface area contributed by atoms with Crippen LogP contribution in [-0.4, -0.2) is 26.8 Å². The molecule has 1 aliphatic rings. The largest absolute Gasteiger partial charge is 0.478 e. The van der Waals surface area contributed by atoms with E-state index in [0.717, 1.165) is 19.3 Å². The average Bonchev–Trinajstić information content (AvgIpc) is 2.97. The van der Waals surface area contributed by atoms with Gasteiger partial charge in [0.25, 0.3) is 0 Å². The number of nitrogens with one attached hydrogen (secondary N) is 1. The first kappa shape index (κ1) is 18.0. The Morgan fingerprint density at radius 2 is 2.04 bits per heavy atom. The molecule has 138 valence electrons. The van der Waals surface area contributed by atoms with E-state index in [0.29, 0.717) is 28.9 Å². The van der Waals surface area contributed by atoms with Gasteiger partial charge in [-0.3, -0.25) is 4.79 Å². The van der Waals surface area contributed by atoms with E-state index in [1.807, 2.05) is 0 Å². The normalized spacial score (nSPS) is 14.7. The predicted molar refractivity (Wildman–Crippen MR) is 86.1 cm³/mol. The third-order valence-corrected chi connectivity index (χ3v) is 4.34. The Morgan fingerprint density at radius 3 is 2.62 bits per heavy atom. The Labute approximate surface area is 146 Å². The molecule has 26 heavy (non-hydrogen) atoms. The minimum Gasteiger partial charge on any atom is -0.478 e. The van der Waals surface area contributed by atoms with Crippen molar-refractivity contribution in [2.24, 2.45) is 5.92 Å². The maximum atomic E-state index is 13.3. The third kappa shape index (κ3) is 3.71. The molecule has 1 aliphatic carbocycles. The Morgan fingerprint density at radius 1 is 1.31 bits per heavy atom. The number of carboxylic acids is 1. The molecule has 1 fully saturated rings. The maximum absolute atomic E-state index is 13.3. The van der Waals surface area contributed by atoms with E-state index in [-0.39, 0.29) is 11.6 Å². The second kappa shape index (κ2) is 6.81. The number of hydrogen-bond donors (Lipinski definition) is 2. The number of carbonyl (C=O) groups excluding carboxylic acids is 1. The van der Waals surface area contributed by atoms with E-state index in [4.69, 9.17) is 5.11 Å². The van der Waals surface area contributed by atoms with Crippen molar-refractivity contribution in [3.63, 3.8) is 0 Å². The highest BCUT2D eigenvalue weighted by atomic mass is 19.4. The molecule has 0 spiro atoms. The molecule has 3 rings (SSSR count). The van der Waals surface area contributed by atoms with Crippen molar-refractivity contribution < 1.29 is 27.9 Å². The molecule has 0 aliphatic heterocycles. The standard InChI is InChI=1S/C17H16F3N3O3/c18-17(19,20)15-13(16(25)26)9-21-23(15)12-6-2-5-11(8-12)22-14(24)7-10-3-1-4-10/h2,5-6,8-10H,1,3-4,7H2,(H,22,24)(H,25,26). The number of carboxylic acid groups (broad SMARTS) is 1. The molecule has 6 nitrogen and oxygen atoms in total. The minimum absolute atomic E-state index is 0.00580. The lowest BCUT2D eigenvalue weighted by Gasteiger charge is -2.24. The van der Waals surface area contributed by atoms with Gasteiger partial charge in [0, 0.05) is 12.1 Å². The van der Waals surface area contributed by atoms with Crippen LogP contribution in [0.3, 0.4) is 0 Å². The summed E-state index contributed by atoms with van der Waals surface area (Å²) >= 11 is 0. The number of halogens is 3. The zero-order valence-electron chi connectivity index (χ0n) is 13.6. The van der Waals surface area contributed by atoms with Gasteiger partial charge < -0.3 is 10.4 Å². The number of carbonyl (C=O) groups is 2. The number of alkyl halides is 3. The van der Waals surface area contributed by atoms with Gasteiger partial charge in [0.1, 0.15) is 5.56 Å². The second-order valence-corrected chi connectivity index (χ2v) is 6.22. The van der Waals surface area contributed by atoms with Gasteiger partial charge in [-0.2, -0.15) is 18.3 Å². The van der Waals surface area contributed by atoms with Gasteiger partial charge in [-0.25, -0.2) is 9.48 Å². The van der Waals surface area contributed by atoms with E-state index in [1.54, 1.807) is 6.07 Å². The molecule has 0 radical (unpaired) electrons. The molecule has 2 aromatic rings. The molecule has 1 aromatic carbocycles. The van der Waals surface area contributed by atoms with Crippen LogP contribution in [0.5, 0.6) is 0 Å². The Kier molecular flexibility index (Phi) is 4.71. The summed E-state index contributed by atoms with van der Waals surface area (Å²) in [6.45, 7) is 0. The lowest BCUT2D eigenvalue weighted by molar-refractivity contribution is -0.143. The summed E-state index contributed by atoms with van der Waals surface area (Å²) in [7, 11) is 0. The highest BCUT2D eigenvalue weighted by Crippen LogP contribution is 2.34. The number of nitrogens with zero attached hydrogens (tertiary/aromatic N) is 2. The summed E-state index contributed by atoms with van der Waals surface area (Å²) in [6, 6.07) is 5.70. The zero-order chi connectivity index (χ0) is 18.9. The van der Waals surface area contributed by atoms with Crippen LogP contribution in [0, 0.1) is 5.92 Å². The lowest BCUT2D eigenvalue weighted by Crippen LogP contribution is -2.21. The number of anilines is 1. The summed E-state index contributed by atoms with van der Waals surface area (Å²) < 4.78 is 40.4. The van der Waals surface area contributed by atoms with E-state index in [2.05, 4.69) is 10.4 Å². The Balaban J connectivity index is 1.88. The van der Waals surface area contributed by atoms with Crippen molar-refractivity contribution >= 4 is 17.6 Å². The number of hydrogen-bond acceptors (Lipinski definition) is 3. The summed E-state index contributed by atoms with van der Waals surface area (Å²) in [5, 5.41) is 15.2. The number of rotatable bonds is 5. The van der Waals surface area contributed by atoms with Crippen molar-refractivity contribution in [2.75, 3.05) is 5.32 Å². The first-order valence-electron chi connectivity index (χ1n) is 8.04. The molecule has 1 aromatic heterocycles. The van der Waals surface area contributed by atoms with Crippen LogP contribution in [0.4, 0.5) is 18.9 Å². The lowest BCUT2D eigenvalue weighted by atomic mass is 9.83. The van der Waals surface area contributed by atoms with Gasteiger partial charge in [-0.15, -0.1) is 0 Å². The second-order valence-electron chi connectivity index (χ2n) is 6.22.